The number of oxazole rings is 1. The molecule has 14 heavy (non-hydrogen) atoms. The number of rotatable bonds is 1. The predicted molar refractivity (Wildman–Crippen MR) is 53.0 cm³/mol. The van der Waals surface area contributed by atoms with Crippen molar-refractivity contribution < 1.29 is 4.42 Å². The van der Waals surface area contributed by atoms with Gasteiger partial charge in [0.25, 0.3) is 0 Å². The summed E-state index contributed by atoms with van der Waals surface area (Å²) in [5.41, 5.74) is 1.35. The minimum absolute atomic E-state index is 0.332. The van der Waals surface area contributed by atoms with Crippen molar-refractivity contribution in [2.45, 2.75) is 12.8 Å². The number of nitriles is 1. The molecule has 0 radical (unpaired) electrons. The van der Waals surface area contributed by atoms with Gasteiger partial charge in [-0.2, -0.15) is 5.26 Å². The number of aromatic nitrogens is 1. The summed E-state index contributed by atoms with van der Waals surface area (Å²) in [7, 11) is 0. The first-order valence-electron chi connectivity index (χ1n) is 4.16. The van der Waals surface area contributed by atoms with Crippen LogP contribution < -0.4 is 0 Å². The average molecular weight is 207 g/mol. The summed E-state index contributed by atoms with van der Waals surface area (Å²) in [6.07, 6.45) is 0. The van der Waals surface area contributed by atoms with Crippen LogP contribution >= 0.6 is 11.6 Å². The number of halogens is 1. The van der Waals surface area contributed by atoms with Crippen molar-refractivity contribution in [3.8, 4) is 6.07 Å². The minimum atomic E-state index is -0.332. The molecule has 0 spiro atoms. The van der Waals surface area contributed by atoms with E-state index in [0.717, 1.165) is 5.52 Å². The standard InChI is InChI=1S/C10H7ClN2O/c1-6(5-12)10-13-8-3-2-7(11)4-9(8)14-10/h2-4,6H,1H3. The van der Waals surface area contributed by atoms with E-state index in [0.29, 0.717) is 16.5 Å². The SMILES string of the molecule is CC(C#N)c1nc2ccc(Cl)cc2o1. The molecule has 0 aliphatic heterocycles. The molecule has 0 bridgehead atoms. The van der Waals surface area contributed by atoms with Crippen molar-refractivity contribution in [3.63, 3.8) is 0 Å². The van der Waals surface area contributed by atoms with Gasteiger partial charge in [0.15, 0.2) is 5.58 Å². The summed E-state index contributed by atoms with van der Waals surface area (Å²) in [5.74, 6) is 0.103. The Bertz CT molecular complexity index is 512. The van der Waals surface area contributed by atoms with Gasteiger partial charge >= 0.3 is 0 Å². The lowest BCUT2D eigenvalue weighted by molar-refractivity contribution is 0.520. The van der Waals surface area contributed by atoms with E-state index in [1.807, 2.05) is 0 Å². The van der Waals surface area contributed by atoms with E-state index in [1.54, 1.807) is 25.1 Å². The van der Waals surface area contributed by atoms with Gasteiger partial charge < -0.3 is 4.42 Å². The second-order valence-corrected chi connectivity index (χ2v) is 3.45. The van der Waals surface area contributed by atoms with Crippen LogP contribution in [0.4, 0.5) is 0 Å². The van der Waals surface area contributed by atoms with Gasteiger partial charge in [0.2, 0.25) is 5.89 Å². The highest BCUT2D eigenvalue weighted by Gasteiger charge is 2.12. The number of hydrogen-bond acceptors (Lipinski definition) is 3. The monoisotopic (exact) mass is 206 g/mol. The number of benzene rings is 1. The van der Waals surface area contributed by atoms with Gasteiger partial charge in [0, 0.05) is 11.1 Å². The Balaban J connectivity index is 2.58. The molecule has 1 heterocycles. The molecular weight excluding hydrogens is 200 g/mol. The third-order valence-corrected chi connectivity index (χ3v) is 2.17. The summed E-state index contributed by atoms with van der Waals surface area (Å²) in [6, 6.07) is 7.28. The Labute approximate surface area is 85.9 Å². The highest BCUT2D eigenvalue weighted by molar-refractivity contribution is 6.31. The van der Waals surface area contributed by atoms with Crippen LogP contribution in [0.5, 0.6) is 0 Å². The summed E-state index contributed by atoms with van der Waals surface area (Å²) >= 11 is 5.79. The highest BCUT2D eigenvalue weighted by Crippen LogP contribution is 2.23. The summed E-state index contributed by atoms with van der Waals surface area (Å²) < 4.78 is 5.38. The zero-order chi connectivity index (χ0) is 10.1. The van der Waals surface area contributed by atoms with Gasteiger partial charge in [-0.1, -0.05) is 11.6 Å². The molecule has 0 fully saturated rings. The molecule has 0 saturated heterocycles. The molecule has 0 aliphatic carbocycles. The van der Waals surface area contributed by atoms with Gasteiger partial charge in [0.1, 0.15) is 11.4 Å². The lowest BCUT2D eigenvalue weighted by Crippen LogP contribution is -1.87. The first kappa shape index (κ1) is 9.04. The molecule has 2 rings (SSSR count). The van der Waals surface area contributed by atoms with E-state index in [9.17, 15) is 0 Å². The Hall–Kier alpha value is -1.53. The summed E-state index contributed by atoms with van der Waals surface area (Å²) in [4.78, 5) is 4.18. The van der Waals surface area contributed by atoms with Gasteiger partial charge in [-0.05, 0) is 19.1 Å². The normalized spacial score (nSPS) is 12.6. The van der Waals surface area contributed by atoms with E-state index in [2.05, 4.69) is 11.1 Å². The van der Waals surface area contributed by atoms with E-state index in [4.69, 9.17) is 21.3 Å². The fourth-order valence-corrected chi connectivity index (χ4v) is 1.32. The lowest BCUT2D eigenvalue weighted by atomic mass is 10.2. The number of fused-ring (bicyclic) bond motifs is 1. The van der Waals surface area contributed by atoms with Crippen molar-refractivity contribution in [1.29, 1.82) is 5.26 Å². The molecule has 3 nitrogen and oxygen atoms in total. The molecule has 1 atom stereocenters. The summed E-state index contributed by atoms with van der Waals surface area (Å²) in [5, 5.41) is 9.29. The fraction of sp³-hybridized carbons (Fsp3) is 0.200. The Morgan fingerprint density at radius 2 is 2.36 bits per heavy atom. The number of nitrogens with zero attached hydrogens (tertiary/aromatic N) is 2. The van der Waals surface area contributed by atoms with Crippen LogP contribution in [0.25, 0.3) is 11.1 Å². The third-order valence-electron chi connectivity index (χ3n) is 1.93. The smallest absolute Gasteiger partial charge is 0.212 e. The lowest BCUT2D eigenvalue weighted by Gasteiger charge is -1.91. The molecule has 4 heteroatoms. The summed E-state index contributed by atoms with van der Waals surface area (Å²) in [6.45, 7) is 1.74. The fourth-order valence-electron chi connectivity index (χ4n) is 1.16. The van der Waals surface area contributed by atoms with Crippen molar-refractivity contribution in [2.75, 3.05) is 0 Å². The van der Waals surface area contributed by atoms with Crippen LogP contribution in [0.3, 0.4) is 0 Å². The van der Waals surface area contributed by atoms with E-state index >= 15 is 0 Å². The Morgan fingerprint density at radius 3 is 3.07 bits per heavy atom. The highest BCUT2D eigenvalue weighted by atomic mass is 35.5. The van der Waals surface area contributed by atoms with Crippen LogP contribution in [0, 0.1) is 11.3 Å². The van der Waals surface area contributed by atoms with Crippen molar-refractivity contribution >= 4 is 22.7 Å². The van der Waals surface area contributed by atoms with E-state index in [1.165, 1.54) is 0 Å². The van der Waals surface area contributed by atoms with Crippen LogP contribution in [0.15, 0.2) is 22.6 Å². The quantitative estimate of drug-likeness (QED) is 0.720. The third kappa shape index (κ3) is 1.45. The van der Waals surface area contributed by atoms with Crippen LogP contribution in [0.1, 0.15) is 18.7 Å². The Kier molecular flexibility index (Phi) is 2.14. The van der Waals surface area contributed by atoms with E-state index in [-0.39, 0.29) is 5.92 Å². The molecule has 1 aromatic carbocycles. The van der Waals surface area contributed by atoms with Gasteiger partial charge in [-0.25, -0.2) is 4.98 Å². The molecule has 1 unspecified atom stereocenters. The Morgan fingerprint density at radius 1 is 1.57 bits per heavy atom. The maximum atomic E-state index is 8.69. The number of hydrogen-bond donors (Lipinski definition) is 0. The zero-order valence-electron chi connectivity index (χ0n) is 7.49. The second kappa shape index (κ2) is 3.32. The van der Waals surface area contributed by atoms with Gasteiger partial charge in [-0.3, -0.25) is 0 Å². The van der Waals surface area contributed by atoms with Gasteiger partial charge in [0.05, 0.1) is 6.07 Å². The van der Waals surface area contributed by atoms with Gasteiger partial charge in [-0.15, -0.1) is 0 Å². The molecule has 0 aliphatic rings. The van der Waals surface area contributed by atoms with E-state index < -0.39 is 0 Å². The molecule has 0 amide bonds. The predicted octanol–water partition coefficient (Wildman–Crippen LogP) is 3.11. The topological polar surface area (TPSA) is 49.8 Å². The maximum absolute atomic E-state index is 8.69. The minimum Gasteiger partial charge on any atom is -0.439 e. The van der Waals surface area contributed by atoms with Crippen LogP contribution in [-0.4, -0.2) is 4.98 Å². The first-order chi connectivity index (χ1) is 6.70. The van der Waals surface area contributed by atoms with Crippen LogP contribution in [-0.2, 0) is 0 Å². The van der Waals surface area contributed by atoms with Crippen molar-refractivity contribution in [2.24, 2.45) is 0 Å². The molecule has 2 aromatic rings. The molecule has 0 saturated carbocycles. The molecular formula is C10H7ClN2O. The first-order valence-corrected chi connectivity index (χ1v) is 4.54. The largest absolute Gasteiger partial charge is 0.439 e. The van der Waals surface area contributed by atoms with Crippen LogP contribution in [0.2, 0.25) is 5.02 Å². The molecule has 1 aromatic heterocycles. The maximum Gasteiger partial charge on any atom is 0.212 e. The van der Waals surface area contributed by atoms with Crippen molar-refractivity contribution in [3.05, 3.63) is 29.1 Å². The molecule has 0 N–H and O–H groups in total. The zero-order valence-corrected chi connectivity index (χ0v) is 8.25. The molecule has 70 valence electrons. The average Bonchev–Trinajstić information content (AvgIpc) is 2.59. The van der Waals surface area contributed by atoms with Crippen molar-refractivity contribution in [1.82, 2.24) is 4.98 Å². The second-order valence-electron chi connectivity index (χ2n) is 3.01.